The van der Waals surface area contributed by atoms with Gasteiger partial charge in [-0.25, -0.2) is 4.79 Å². The highest BCUT2D eigenvalue weighted by Gasteiger charge is 2.15. The van der Waals surface area contributed by atoms with E-state index >= 15 is 0 Å². The molecule has 118 valence electrons. The van der Waals surface area contributed by atoms with Crippen molar-refractivity contribution < 1.29 is 4.79 Å². The topological polar surface area (TPSA) is 44.4 Å². The zero-order chi connectivity index (χ0) is 15.8. The van der Waals surface area contributed by atoms with Crippen molar-refractivity contribution in [2.75, 3.05) is 27.2 Å². The van der Waals surface area contributed by atoms with Gasteiger partial charge in [-0.15, -0.1) is 11.3 Å². The number of amides is 2. The van der Waals surface area contributed by atoms with Gasteiger partial charge in [-0.2, -0.15) is 0 Å². The summed E-state index contributed by atoms with van der Waals surface area (Å²) in [5.41, 5.74) is 1.23. The summed E-state index contributed by atoms with van der Waals surface area (Å²) in [6, 6.07) is 14.4. The minimum Gasteiger partial charge on any atom is -0.338 e. The van der Waals surface area contributed by atoms with Crippen LogP contribution in [0.15, 0.2) is 47.8 Å². The molecule has 2 N–H and O–H groups in total. The number of hydrogen-bond acceptors (Lipinski definition) is 3. The zero-order valence-corrected chi connectivity index (χ0v) is 13.9. The van der Waals surface area contributed by atoms with Crippen molar-refractivity contribution in [2.45, 2.75) is 12.5 Å². The Morgan fingerprint density at radius 2 is 1.91 bits per heavy atom. The predicted octanol–water partition coefficient (Wildman–Crippen LogP) is 2.89. The summed E-state index contributed by atoms with van der Waals surface area (Å²) >= 11 is 1.71. The Morgan fingerprint density at radius 1 is 1.14 bits per heavy atom. The van der Waals surface area contributed by atoms with Gasteiger partial charge in [0.05, 0.1) is 6.04 Å². The summed E-state index contributed by atoms with van der Waals surface area (Å²) in [5, 5.41) is 7.92. The fraction of sp³-hybridized carbons (Fsp3) is 0.353. The van der Waals surface area contributed by atoms with Crippen molar-refractivity contribution in [3.05, 3.63) is 58.3 Å². The van der Waals surface area contributed by atoms with Gasteiger partial charge >= 0.3 is 6.03 Å². The van der Waals surface area contributed by atoms with Crippen molar-refractivity contribution in [1.29, 1.82) is 0 Å². The molecule has 0 aliphatic heterocycles. The van der Waals surface area contributed by atoms with Crippen LogP contribution in [0, 0.1) is 0 Å². The molecule has 22 heavy (non-hydrogen) atoms. The normalized spacial score (nSPS) is 12.1. The molecule has 0 radical (unpaired) electrons. The van der Waals surface area contributed by atoms with Crippen molar-refractivity contribution in [2.24, 2.45) is 0 Å². The van der Waals surface area contributed by atoms with Gasteiger partial charge in [-0.05, 0) is 37.5 Å². The third kappa shape index (κ3) is 5.16. The third-order valence-electron chi connectivity index (χ3n) is 3.49. The molecule has 5 heteroatoms. The third-order valence-corrected chi connectivity index (χ3v) is 4.47. The van der Waals surface area contributed by atoms with Gasteiger partial charge in [0.15, 0.2) is 0 Å². The van der Waals surface area contributed by atoms with Gasteiger partial charge in [-0.3, -0.25) is 0 Å². The fourth-order valence-electron chi connectivity index (χ4n) is 2.24. The van der Waals surface area contributed by atoms with Crippen LogP contribution in [-0.4, -0.2) is 38.1 Å². The minimum atomic E-state index is -0.112. The van der Waals surface area contributed by atoms with E-state index in [1.165, 1.54) is 10.4 Å². The summed E-state index contributed by atoms with van der Waals surface area (Å²) in [7, 11) is 4.05. The SMILES string of the molecule is CN(C)C(CNC(=O)NCCc1ccccc1)c1cccs1. The van der Waals surface area contributed by atoms with E-state index in [0.29, 0.717) is 13.1 Å². The van der Waals surface area contributed by atoms with Gasteiger partial charge in [0.2, 0.25) is 0 Å². The summed E-state index contributed by atoms with van der Waals surface area (Å²) < 4.78 is 0. The number of thiophene rings is 1. The van der Waals surface area contributed by atoms with Crippen LogP contribution in [0.25, 0.3) is 0 Å². The lowest BCUT2D eigenvalue weighted by atomic mass is 10.1. The van der Waals surface area contributed by atoms with E-state index in [0.717, 1.165) is 6.42 Å². The van der Waals surface area contributed by atoms with Crippen LogP contribution in [0.4, 0.5) is 4.79 Å². The lowest BCUT2D eigenvalue weighted by Crippen LogP contribution is -2.41. The second-order valence-electron chi connectivity index (χ2n) is 5.37. The highest BCUT2D eigenvalue weighted by atomic mass is 32.1. The van der Waals surface area contributed by atoms with E-state index in [4.69, 9.17) is 0 Å². The van der Waals surface area contributed by atoms with Gasteiger partial charge < -0.3 is 15.5 Å². The lowest BCUT2D eigenvalue weighted by Gasteiger charge is -2.23. The van der Waals surface area contributed by atoms with Crippen molar-refractivity contribution >= 4 is 17.4 Å². The Morgan fingerprint density at radius 3 is 2.55 bits per heavy atom. The molecule has 0 fully saturated rings. The summed E-state index contributed by atoms with van der Waals surface area (Å²) in [6.07, 6.45) is 0.844. The number of nitrogens with zero attached hydrogens (tertiary/aromatic N) is 1. The maximum absolute atomic E-state index is 11.9. The van der Waals surface area contributed by atoms with Crippen LogP contribution in [0.3, 0.4) is 0 Å². The second kappa shape index (κ2) is 8.56. The first-order valence-electron chi connectivity index (χ1n) is 7.42. The van der Waals surface area contributed by atoms with Crippen molar-refractivity contribution in [3.63, 3.8) is 0 Å². The number of benzene rings is 1. The molecule has 0 aliphatic rings. The monoisotopic (exact) mass is 317 g/mol. The van der Waals surface area contributed by atoms with E-state index in [1.807, 2.05) is 38.4 Å². The second-order valence-corrected chi connectivity index (χ2v) is 6.35. The molecule has 1 atom stereocenters. The Kier molecular flexibility index (Phi) is 6.43. The maximum atomic E-state index is 11.9. The molecule has 1 aromatic carbocycles. The van der Waals surface area contributed by atoms with E-state index in [2.05, 4.69) is 39.1 Å². The molecule has 2 aromatic rings. The van der Waals surface area contributed by atoms with Crippen molar-refractivity contribution in [3.8, 4) is 0 Å². The van der Waals surface area contributed by atoms with Gasteiger partial charge in [0.1, 0.15) is 0 Å². The van der Waals surface area contributed by atoms with Crippen LogP contribution >= 0.6 is 11.3 Å². The van der Waals surface area contributed by atoms with E-state index in [1.54, 1.807) is 11.3 Å². The Bertz CT molecular complexity index is 555. The number of hydrogen-bond donors (Lipinski definition) is 2. The molecule has 1 heterocycles. The van der Waals surface area contributed by atoms with Crippen LogP contribution in [-0.2, 0) is 6.42 Å². The van der Waals surface area contributed by atoms with Crippen LogP contribution < -0.4 is 10.6 Å². The number of nitrogens with one attached hydrogen (secondary N) is 2. The molecule has 1 unspecified atom stereocenters. The number of rotatable bonds is 7. The average molecular weight is 317 g/mol. The molecule has 0 saturated carbocycles. The molecule has 0 aliphatic carbocycles. The highest BCUT2D eigenvalue weighted by molar-refractivity contribution is 7.10. The molecule has 0 saturated heterocycles. The predicted molar refractivity (Wildman–Crippen MR) is 92.3 cm³/mol. The first-order valence-corrected chi connectivity index (χ1v) is 8.30. The minimum absolute atomic E-state index is 0.112. The van der Waals surface area contributed by atoms with Crippen LogP contribution in [0.2, 0.25) is 0 Å². The molecule has 0 spiro atoms. The molecular weight excluding hydrogens is 294 g/mol. The van der Waals surface area contributed by atoms with E-state index < -0.39 is 0 Å². The first kappa shape index (κ1) is 16.5. The molecule has 1 aromatic heterocycles. The smallest absolute Gasteiger partial charge is 0.314 e. The summed E-state index contributed by atoms with van der Waals surface area (Å²) in [6.45, 7) is 1.24. The van der Waals surface area contributed by atoms with E-state index in [9.17, 15) is 4.79 Å². The zero-order valence-electron chi connectivity index (χ0n) is 13.1. The van der Waals surface area contributed by atoms with Gasteiger partial charge in [0, 0.05) is 18.0 Å². The average Bonchev–Trinajstić information content (AvgIpc) is 3.02. The molecule has 2 rings (SSSR count). The quantitative estimate of drug-likeness (QED) is 0.825. The van der Waals surface area contributed by atoms with Gasteiger partial charge in [-0.1, -0.05) is 36.4 Å². The lowest BCUT2D eigenvalue weighted by molar-refractivity contribution is 0.233. The summed E-state index contributed by atoms with van der Waals surface area (Å²) in [5.74, 6) is 0. The van der Waals surface area contributed by atoms with Crippen LogP contribution in [0.1, 0.15) is 16.5 Å². The maximum Gasteiger partial charge on any atom is 0.314 e. The Balaban J connectivity index is 1.72. The fourth-order valence-corrected chi connectivity index (χ4v) is 3.16. The molecule has 4 nitrogen and oxygen atoms in total. The summed E-state index contributed by atoms with van der Waals surface area (Å²) in [4.78, 5) is 15.3. The number of urea groups is 1. The number of carbonyl (C=O) groups excluding carboxylic acids is 1. The largest absolute Gasteiger partial charge is 0.338 e. The Labute approximate surface area is 136 Å². The molecule has 0 bridgehead atoms. The van der Waals surface area contributed by atoms with Crippen molar-refractivity contribution in [1.82, 2.24) is 15.5 Å². The van der Waals surface area contributed by atoms with Crippen LogP contribution in [0.5, 0.6) is 0 Å². The standard InChI is InChI=1S/C17H23N3OS/c1-20(2)15(16-9-6-12-22-16)13-19-17(21)18-11-10-14-7-4-3-5-8-14/h3-9,12,15H,10-11,13H2,1-2H3,(H2,18,19,21). The molecule has 2 amide bonds. The molecular formula is C17H23N3OS. The van der Waals surface area contributed by atoms with E-state index in [-0.39, 0.29) is 12.1 Å². The number of carbonyl (C=O) groups is 1. The Hall–Kier alpha value is -1.85. The number of likely N-dealkylation sites (N-methyl/N-ethyl adjacent to an activating group) is 1. The van der Waals surface area contributed by atoms with Gasteiger partial charge in [0.25, 0.3) is 0 Å². The highest BCUT2D eigenvalue weighted by Crippen LogP contribution is 2.22. The first-order chi connectivity index (χ1) is 10.7.